The predicted molar refractivity (Wildman–Crippen MR) is 134 cm³/mol. The Kier molecular flexibility index (Phi) is 6.02. The molecular weight excluding hydrogens is 476 g/mol. The largest absolute Gasteiger partial charge is 0.466 e. The second-order valence-corrected chi connectivity index (χ2v) is 8.35. The van der Waals surface area contributed by atoms with E-state index >= 15 is 0 Å². The number of nitrogens with zero attached hydrogens (tertiary/aromatic N) is 4. The fourth-order valence-electron chi connectivity index (χ4n) is 4.91. The molecule has 2 heterocycles. The van der Waals surface area contributed by atoms with Crippen LogP contribution in [0, 0.1) is 10.1 Å². The van der Waals surface area contributed by atoms with Crippen molar-refractivity contribution in [2.24, 2.45) is 5.10 Å². The Labute approximate surface area is 212 Å². The smallest absolute Gasteiger partial charge is 0.337 e. The molecule has 0 radical (unpaired) electrons. The van der Waals surface area contributed by atoms with Gasteiger partial charge in [-0.3, -0.25) is 10.1 Å². The van der Waals surface area contributed by atoms with E-state index in [1.165, 1.54) is 26.4 Å². The van der Waals surface area contributed by atoms with Gasteiger partial charge < -0.3 is 9.47 Å². The number of nitro groups is 1. The first-order chi connectivity index (χ1) is 17.9. The minimum Gasteiger partial charge on any atom is -0.466 e. The van der Waals surface area contributed by atoms with Crippen LogP contribution in [0.2, 0.25) is 0 Å². The molecule has 1 atom stereocenters. The van der Waals surface area contributed by atoms with Crippen molar-refractivity contribution in [3.63, 3.8) is 0 Å². The van der Waals surface area contributed by atoms with E-state index < -0.39 is 22.4 Å². The fraction of sp³-hybridized carbons (Fsp3) is 0.148. The Morgan fingerprint density at radius 1 is 0.892 bits per heavy atom. The zero-order chi connectivity index (χ0) is 26.2. The predicted octanol–water partition coefficient (Wildman–Crippen LogP) is 3.59. The summed E-state index contributed by atoms with van der Waals surface area (Å²) in [7, 11) is 2.51. The minimum absolute atomic E-state index is 0.0250. The molecule has 3 aromatic rings. The number of fused-ring (bicyclic) bond motifs is 1. The molecule has 0 saturated carbocycles. The maximum absolute atomic E-state index is 13.4. The number of esters is 2. The Hall–Kier alpha value is -4.83. The molecule has 37 heavy (non-hydrogen) atoms. The topological polar surface area (TPSA) is 115 Å². The summed E-state index contributed by atoms with van der Waals surface area (Å²) in [4.78, 5) is 37.2. The van der Waals surface area contributed by atoms with Crippen LogP contribution in [0.25, 0.3) is 0 Å². The number of carbonyl (C=O) groups excluding carboxylic acids is 2. The maximum atomic E-state index is 13.4. The van der Waals surface area contributed by atoms with Crippen molar-refractivity contribution in [2.75, 3.05) is 25.9 Å². The van der Waals surface area contributed by atoms with Gasteiger partial charge in [-0.1, -0.05) is 60.7 Å². The number of anilines is 1. The van der Waals surface area contributed by atoms with Gasteiger partial charge in [-0.25, -0.2) is 9.59 Å². The molecule has 10 heteroatoms. The van der Waals surface area contributed by atoms with Gasteiger partial charge in [-0.05, 0) is 17.7 Å². The van der Waals surface area contributed by atoms with Gasteiger partial charge in [-0.2, -0.15) is 15.2 Å². The van der Waals surface area contributed by atoms with E-state index in [-0.39, 0.29) is 23.4 Å². The van der Waals surface area contributed by atoms with Crippen molar-refractivity contribution in [3.8, 4) is 0 Å². The second-order valence-electron chi connectivity index (χ2n) is 8.35. The number of rotatable bonds is 6. The Morgan fingerprint density at radius 2 is 1.49 bits per heavy atom. The first-order valence-corrected chi connectivity index (χ1v) is 11.4. The van der Waals surface area contributed by atoms with Crippen LogP contribution >= 0.6 is 0 Å². The van der Waals surface area contributed by atoms with Crippen LogP contribution in [0.15, 0.2) is 101 Å². The lowest BCUT2D eigenvalue weighted by atomic mass is 9.76. The molecule has 10 nitrogen and oxygen atoms in total. The first-order valence-electron chi connectivity index (χ1n) is 11.4. The van der Waals surface area contributed by atoms with Crippen LogP contribution in [0.3, 0.4) is 0 Å². The van der Waals surface area contributed by atoms with Gasteiger partial charge in [-0.15, -0.1) is 0 Å². The molecule has 0 bridgehead atoms. The Morgan fingerprint density at radius 3 is 2.05 bits per heavy atom. The molecule has 3 aromatic carbocycles. The highest BCUT2D eigenvalue weighted by Crippen LogP contribution is 2.51. The lowest BCUT2D eigenvalue weighted by Gasteiger charge is -2.38. The highest BCUT2D eigenvalue weighted by Gasteiger charge is 2.62. The number of hydrogen-bond acceptors (Lipinski definition) is 9. The monoisotopic (exact) mass is 498 g/mol. The summed E-state index contributed by atoms with van der Waals surface area (Å²) in [5, 5.41) is 19.5. The summed E-state index contributed by atoms with van der Waals surface area (Å²) < 4.78 is 10.3. The average Bonchev–Trinajstić information content (AvgIpc) is 3.46. The molecule has 2 aliphatic rings. The molecule has 0 amide bonds. The van der Waals surface area contributed by atoms with Crippen molar-refractivity contribution >= 4 is 29.0 Å². The van der Waals surface area contributed by atoms with Crippen LogP contribution in [-0.2, 0) is 24.6 Å². The third-order valence-electron chi connectivity index (χ3n) is 6.48. The summed E-state index contributed by atoms with van der Waals surface area (Å²) in [6, 6.07) is 24.4. The van der Waals surface area contributed by atoms with Crippen molar-refractivity contribution in [2.45, 2.75) is 5.54 Å². The van der Waals surface area contributed by atoms with E-state index in [1.807, 2.05) is 60.7 Å². The van der Waals surface area contributed by atoms with Gasteiger partial charge >= 0.3 is 11.9 Å². The van der Waals surface area contributed by atoms with Crippen LogP contribution in [0.1, 0.15) is 11.1 Å². The van der Waals surface area contributed by atoms with Gasteiger partial charge in [0.15, 0.2) is 0 Å². The minimum atomic E-state index is -1.35. The quantitative estimate of drug-likeness (QED) is 0.288. The standard InChI is InChI=1S/C27H22N4O6/c1-36-25(32)22-17-29-27(23(22)26(33)37-2,19-11-7-4-8-12-19)24(18-9-5-3-6-10-18)28-30(29)20-13-15-21(16-14-20)31(34)35/h3-16H,17H2,1-2H3. The molecule has 0 spiro atoms. The zero-order valence-corrected chi connectivity index (χ0v) is 20.0. The van der Waals surface area contributed by atoms with Crippen molar-refractivity contribution in [3.05, 3.63) is 117 Å². The molecule has 2 aliphatic heterocycles. The number of ether oxygens (including phenoxy) is 2. The van der Waals surface area contributed by atoms with Gasteiger partial charge in [0.1, 0.15) is 11.3 Å². The first kappa shape index (κ1) is 23.9. The van der Waals surface area contributed by atoms with Crippen LogP contribution in [-0.4, -0.2) is 48.3 Å². The van der Waals surface area contributed by atoms with Crippen LogP contribution in [0.5, 0.6) is 0 Å². The molecule has 0 saturated heterocycles. The number of methoxy groups -OCH3 is 2. The number of nitro benzene ring substituents is 1. The van der Waals surface area contributed by atoms with E-state index in [4.69, 9.17) is 14.6 Å². The molecule has 1 unspecified atom stereocenters. The van der Waals surface area contributed by atoms with E-state index in [1.54, 1.807) is 22.3 Å². The number of carbonyl (C=O) groups is 2. The lowest BCUT2D eigenvalue weighted by Crippen LogP contribution is -2.51. The van der Waals surface area contributed by atoms with Gasteiger partial charge in [0.05, 0.1) is 42.5 Å². The molecule has 186 valence electrons. The summed E-state index contributed by atoms with van der Waals surface area (Å²) >= 11 is 0. The second kappa shape index (κ2) is 9.32. The SMILES string of the molecule is COC(=O)C1=C(C(=O)OC)C2(c3ccccc3)C(c3ccccc3)=NN(c3ccc([N+](=O)[O-])cc3)N2C1. The van der Waals surface area contributed by atoms with E-state index in [9.17, 15) is 19.7 Å². The average molecular weight is 498 g/mol. The van der Waals surface area contributed by atoms with Crippen molar-refractivity contribution < 1.29 is 24.0 Å². The Bertz CT molecular complexity index is 1440. The summed E-state index contributed by atoms with van der Waals surface area (Å²) in [6.45, 7) is -0.0250. The molecule has 0 fully saturated rings. The highest BCUT2D eigenvalue weighted by atomic mass is 16.6. The number of benzene rings is 3. The summed E-state index contributed by atoms with van der Waals surface area (Å²) in [6.07, 6.45) is 0. The highest BCUT2D eigenvalue weighted by molar-refractivity contribution is 6.19. The molecule has 0 N–H and O–H groups in total. The molecule has 0 aliphatic carbocycles. The fourth-order valence-corrected chi connectivity index (χ4v) is 4.91. The lowest BCUT2D eigenvalue weighted by molar-refractivity contribution is -0.384. The van der Waals surface area contributed by atoms with Gasteiger partial charge in [0.25, 0.3) is 5.69 Å². The van der Waals surface area contributed by atoms with Crippen LogP contribution < -0.4 is 5.12 Å². The van der Waals surface area contributed by atoms with E-state index in [0.29, 0.717) is 22.5 Å². The number of hydrazone groups is 1. The Balaban J connectivity index is 1.83. The van der Waals surface area contributed by atoms with Crippen LogP contribution in [0.4, 0.5) is 11.4 Å². The van der Waals surface area contributed by atoms with E-state index in [0.717, 1.165) is 0 Å². The molecule has 0 aromatic heterocycles. The van der Waals surface area contributed by atoms with Gasteiger partial charge in [0, 0.05) is 17.7 Å². The normalized spacial score (nSPS) is 18.9. The summed E-state index contributed by atoms with van der Waals surface area (Å²) in [5.74, 6) is -1.36. The maximum Gasteiger partial charge on any atom is 0.337 e. The molecule has 5 rings (SSSR count). The number of hydrazine groups is 1. The van der Waals surface area contributed by atoms with E-state index in [2.05, 4.69) is 0 Å². The third-order valence-corrected chi connectivity index (χ3v) is 6.48. The summed E-state index contributed by atoms with van der Waals surface area (Å²) in [5.41, 5.74) is 1.20. The zero-order valence-electron chi connectivity index (χ0n) is 20.0. The molecular formula is C27H22N4O6. The number of hydrogen-bond donors (Lipinski definition) is 0. The number of non-ortho nitro benzene ring substituents is 1. The third kappa shape index (κ3) is 3.66. The van der Waals surface area contributed by atoms with Gasteiger partial charge in [0.2, 0.25) is 0 Å². The van der Waals surface area contributed by atoms with Crippen molar-refractivity contribution in [1.29, 1.82) is 0 Å². The van der Waals surface area contributed by atoms with Crippen molar-refractivity contribution in [1.82, 2.24) is 5.01 Å².